The van der Waals surface area contributed by atoms with Crippen LogP contribution in [0.1, 0.15) is 12.0 Å². The van der Waals surface area contributed by atoms with E-state index in [0.29, 0.717) is 13.0 Å². The molecule has 2 N–H and O–H groups in total. The molecule has 15 heavy (non-hydrogen) atoms. The summed E-state index contributed by atoms with van der Waals surface area (Å²) in [5.41, 5.74) is 7.50. The number of hydrogen-bond donors (Lipinski definition) is 1. The van der Waals surface area contributed by atoms with Crippen LogP contribution < -0.4 is 5.73 Å². The summed E-state index contributed by atoms with van der Waals surface area (Å²) in [6.45, 7) is 0.638. The van der Waals surface area contributed by atoms with E-state index in [-0.39, 0.29) is 5.91 Å². The average molecular weight is 203 g/mol. The first kappa shape index (κ1) is 9.71. The molecule has 0 radical (unpaired) electrons. The Hall–Kier alpha value is -1.84. The molecule has 1 heterocycles. The number of nitrogens with two attached hydrogens (primary N) is 1. The minimum atomic E-state index is 0.0745. The largest absolute Gasteiger partial charge is 0.399 e. The summed E-state index contributed by atoms with van der Waals surface area (Å²) in [5, 5.41) is 5.49. The molecule has 4 heteroatoms. The number of carbonyl (C=O) groups is 1. The van der Waals surface area contributed by atoms with E-state index in [0.717, 1.165) is 12.1 Å². The predicted octanol–water partition coefficient (Wildman–Crippen LogP) is 1.03. The van der Waals surface area contributed by atoms with Gasteiger partial charge in [-0.25, -0.2) is 5.01 Å². The number of benzene rings is 1. The van der Waals surface area contributed by atoms with Gasteiger partial charge in [0.2, 0.25) is 5.91 Å². The Balaban J connectivity index is 1.90. The lowest BCUT2D eigenvalue weighted by Crippen LogP contribution is -2.23. The number of nitrogen functional groups attached to an aromatic ring is 1. The van der Waals surface area contributed by atoms with Gasteiger partial charge in [0.1, 0.15) is 0 Å². The lowest BCUT2D eigenvalue weighted by molar-refractivity contribution is -0.128. The SMILES string of the molecule is Nc1ccc(CCN2N=CCC2=O)cc1. The minimum Gasteiger partial charge on any atom is -0.399 e. The van der Waals surface area contributed by atoms with Crippen molar-refractivity contribution in [3.8, 4) is 0 Å². The smallest absolute Gasteiger partial charge is 0.248 e. The minimum absolute atomic E-state index is 0.0745. The topological polar surface area (TPSA) is 58.7 Å². The summed E-state index contributed by atoms with van der Waals surface area (Å²) >= 11 is 0. The number of hydrazone groups is 1. The van der Waals surface area contributed by atoms with Crippen molar-refractivity contribution >= 4 is 17.8 Å². The van der Waals surface area contributed by atoms with Crippen molar-refractivity contribution < 1.29 is 4.79 Å². The predicted molar refractivity (Wildman–Crippen MR) is 59.4 cm³/mol. The van der Waals surface area contributed by atoms with Gasteiger partial charge < -0.3 is 5.73 Å². The quantitative estimate of drug-likeness (QED) is 0.746. The van der Waals surface area contributed by atoms with Gasteiger partial charge in [-0.05, 0) is 24.1 Å². The van der Waals surface area contributed by atoms with Crippen LogP contribution in [0.2, 0.25) is 0 Å². The number of rotatable bonds is 3. The highest BCUT2D eigenvalue weighted by molar-refractivity contribution is 5.93. The van der Waals surface area contributed by atoms with Gasteiger partial charge in [0, 0.05) is 18.4 Å². The van der Waals surface area contributed by atoms with Gasteiger partial charge in [-0.1, -0.05) is 12.1 Å². The second-order valence-corrected chi connectivity index (χ2v) is 3.51. The van der Waals surface area contributed by atoms with Gasteiger partial charge in [0.05, 0.1) is 6.42 Å². The number of amides is 1. The van der Waals surface area contributed by atoms with Crippen molar-refractivity contribution in [2.75, 3.05) is 12.3 Å². The molecule has 2 rings (SSSR count). The van der Waals surface area contributed by atoms with Crippen LogP contribution in [0.25, 0.3) is 0 Å². The molecular weight excluding hydrogens is 190 g/mol. The van der Waals surface area contributed by atoms with E-state index in [1.54, 1.807) is 6.21 Å². The molecule has 0 aromatic heterocycles. The molecule has 78 valence electrons. The second kappa shape index (κ2) is 4.13. The van der Waals surface area contributed by atoms with E-state index in [2.05, 4.69) is 5.10 Å². The monoisotopic (exact) mass is 203 g/mol. The Morgan fingerprint density at radius 3 is 2.67 bits per heavy atom. The number of nitrogens with zero attached hydrogens (tertiary/aromatic N) is 2. The zero-order valence-electron chi connectivity index (χ0n) is 8.39. The highest BCUT2D eigenvalue weighted by atomic mass is 16.2. The van der Waals surface area contributed by atoms with E-state index >= 15 is 0 Å². The van der Waals surface area contributed by atoms with Crippen LogP contribution in [0, 0.1) is 0 Å². The van der Waals surface area contributed by atoms with Crippen LogP contribution >= 0.6 is 0 Å². The summed E-state index contributed by atoms with van der Waals surface area (Å²) in [5.74, 6) is 0.0745. The fourth-order valence-electron chi connectivity index (χ4n) is 1.49. The van der Waals surface area contributed by atoms with E-state index in [1.165, 1.54) is 10.6 Å². The van der Waals surface area contributed by atoms with Gasteiger partial charge in [-0.15, -0.1) is 0 Å². The third-order valence-electron chi connectivity index (χ3n) is 2.37. The third kappa shape index (κ3) is 2.34. The van der Waals surface area contributed by atoms with Crippen LogP contribution in [-0.2, 0) is 11.2 Å². The standard InChI is InChI=1S/C11H13N3O/c12-10-3-1-9(2-4-10)6-8-14-11(15)5-7-13-14/h1-4,7H,5-6,8,12H2. The van der Waals surface area contributed by atoms with Crippen molar-refractivity contribution in [2.45, 2.75) is 12.8 Å². The molecule has 1 amide bonds. The molecule has 0 saturated heterocycles. The summed E-state index contributed by atoms with van der Waals surface area (Å²) in [4.78, 5) is 11.2. The highest BCUT2D eigenvalue weighted by Crippen LogP contribution is 2.08. The summed E-state index contributed by atoms with van der Waals surface area (Å²) in [6, 6.07) is 7.67. The van der Waals surface area contributed by atoms with Gasteiger partial charge >= 0.3 is 0 Å². The van der Waals surface area contributed by atoms with E-state index < -0.39 is 0 Å². The van der Waals surface area contributed by atoms with Gasteiger partial charge in [-0.2, -0.15) is 5.10 Å². The average Bonchev–Trinajstić information content (AvgIpc) is 2.63. The zero-order valence-corrected chi connectivity index (χ0v) is 8.39. The van der Waals surface area contributed by atoms with Crippen molar-refractivity contribution in [3.63, 3.8) is 0 Å². The molecule has 0 unspecified atom stereocenters. The van der Waals surface area contributed by atoms with E-state index in [9.17, 15) is 4.79 Å². The zero-order chi connectivity index (χ0) is 10.7. The van der Waals surface area contributed by atoms with E-state index in [4.69, 9.17) is 5.73 Å². The number of hydrogen-bond acceptors (Lipinski definition) is 3. The van der Waals surface area contributed by atoms with Crippen molar-refractivity contribution in [3.05, 3.63) is 29.8 Å². The maximum Gasteiger partial charge on any atom is 0.248 e. The first-order valence-corrected chi connectivity index (χ1v) is 4.93. The highest BCUT2D eigenvalue weighted by Gasteiger charge is 2.15. The van der Waals surface area contributed by atoms with Crippen LogP contribution in [-0.4, -0.2) is 23.7 Å². The molecule has 0 bridgehead atoms. The van der Waals surface area contributed by atoms with Crippen molar-refractivity contribution in [1.82, 2.24) is 5.01 Å². The maximum absolute atomic E-state index is 11.2. The lowest BCUT2D eigenvalue weighted by Gasteiger charge is -2.11. The second-order valence-electron chi connectivity index (χ2n) is 3.51. The Labute approximate surface area is 88.4 Å². The molecule has 0 atom stereocenters. The Morgan fingerprint density at radius 2 is 2.07 bits per heavy atom. The van der Waals surface area contributed by atoms with Crippen LogP contribution in [0.4, 0.5) is 5.69 Å². The Morgan fingerprint density at radius 1 is 1.33 bits per heavy atom. The van der Waals surface area contributed by atoms with Gasteiger partial charge in [0.25, 0.3) is 0 Å². The van der Waals surface area contributed by atoms with Crippen molar-refractivity contribution in [2.24, 2.45) is 5.10 Å². The fourth-order valence-corrected chi connectivity index (χ4v) is 1.49. The molecule has 1 aliphatic heterocycles. The molecule has 1 aromatic rings. The molecule has 1 aromatic carbocycles. The first-order valence-electron chi connectivity index (χ1n) is 4.93. The summed E-state index contributed by atoms with van der Waals surface area (Å²) in [7, 11) is 0. The van der Waals surface area contributed by atoms with Crippen molar-refractivity contribution in [1.29, 1.82) is 0 Å². The molecule has 0 saturated carbocycles. The Bertz CT molecular complexity index is 383. The molecule has 0 fully saturated rings. The summed E-state index contributed by atoms with van der Waals surface area (Å²) in [6.07, 6.45) is 2.89. The maximum atomic E-state index is 11.2. The third-order valence-corrected chi connectivity index (χ3v) is 2.37. The van der Waals surface area contributed by atoms with Crippen LogP contribution in [0.5, 0.6) is 0 Å². The van der Waals surface area contributed by atoms with Crippen LogP contribution in [0.3, 0.4) is 0 Å². The molecule has 0 aliphatic carbocycles. The van der Waals surface area contributed by atoms with Gasteiger partial charge in [0.15, 0.2) is 0 Å². The molecule has 1 aliphatic rings. The van der Waals surface area contributed by atoms with E-state index in [1.807, 2.05) is 24.3 Å². The first-order chi connectivity index (χ1) is 7.25. The van der Waals surface area contributed by atoms with Gasteiger partial charge in [-0.3, -0.25) is 4.79 Å². The number of carbonyl (C=O) groups excluding carboxylic acids is 1. The molecular formula is C11H13N3O. The Kier molecular flexibility index (Phi) is 2.67. The molecule has 4 nitrogen and oxygen atoms in total. The molecule has 0 spiro atoms. The normalized spacial score (nSPS) is 14.9. The number of anilines is 1. The lowest BCUT2D eigenvalue weighted by atomic mass is 10.1. The summed E-state index contributed by atoms with van der Waals surface area (Å²) < 4.78 is 0. The fraction of sp³-hybridized carbons (Fsp3) is 0.273. The van der Waals surface area contributed by atoms with Crippen LogP contribution in [0.15, 0.2) is 29.4 Å².